The largest absolute Gasteiger partial charge is 0.384 e. The van der Waals surface area contributed by atoms with E-state index in [1.807, 2.05) is 123 Å². The second-order valence-electron chi connectivity index (χ2n) is 37.9. The molecule has 11 aromatic heterocycles. The van der Waals surface area contributed by atoms with E-state index in [-0.39, 0.29) is 44.2 Å². The lowest BCUT2D eigenvalue weighted by Gasteiger charge is -2.29. The molecule has 12 heterocycles. The van der Waals surface area contributed by atoms with Crippen LogP contribution in [0.15, 0.2) is 306 Å². The lowest BCUT2D eigenvalue weighted by molar-refractivity contribution is 0.102. The van der Waals surface area contributed by atoms with Crippen LogP contribution in [0.5, 0.6) is 0 Å². The lowest BCUT2D eigenvalue weighted by atomic mass is 9.86. The van der Waals surface area contributed by atoms with Gasteiger partial charge in [0.15, 0.2) is 11.4 Å². The summed E-state index contributed by atoms with van der Waals surface area (Å²) in [7, 11) is 0. The Hall–Kier alpha value is -11.1. The SMILES string of the molecule is CC(C)(C)c1ccc(-c2cn3c(N4CCNCC4)cccc3n2)cc1.CC(C)(C)c1ccc(-c2cn3cccc(Br)c3n2)cc1.CC(C)(C)c1ccc(-c2cn3ccccc3n2)cc1.CC(C)(C)c1ccc(-c2nc3ccccn3c2Br)cc1.CC(C)(C)c1ccc(C(=O)CCl)cc1.Cc1ccc2nc(-c3ccc(C(C)(C)C)cc3)cn2c1Br.Nc1ccccn1. The van der Waals surface area contributed by atoms with Crippen LogP contribution in [0.3, 0.4) is 0 Å². The maximum Gasteiger partial charge on any atom is 0.177 e. The fourth-order valence-electron chi connectivity index (χ4n) is 14.2. The van der Waals surface area contributed by atoms with Gasteiger partial charge in [0.25, 0.3) is 0 Å². The highest BCUT2D eigenvalue weighted by molar-refractivity contribution is 9.11. The summed E-state index contributed by atoms with van der Waals surface area (Å²) in [6.45, 7) is 46.1. The van der Waals surface area contributed by atoms with Gasteiger partial charge in [0.1, 0.15) is 44.5 Å². The molecule has 0 bridgehead atoms. The number of hydrogen-bond acceptors (Lipinski definition) is 10. The van der Waals surface area contributed by atoms with Crippen LogP contribution in [0.2, 0.25) is 0 Å². The summed E-state index contributed by atoms with van der Waals surface area (Å²) in [6.07, 6.45) is 16.1. The van der Waals surface area contributed by atoms with Gasteiger partial charge in [-0.1, -0.05) is 301 Å². The van der Waals surface area contributed by atoms with Gasteiger partial charge in [-0.3, -0.25) is 18.0 Å². The van der Waals surface area contributed by atoms with E-state index in [2.05, 4.69) is 379 Å². The van der Waals surface area contributed by atoms with Gasteiger partial charge in [-0.25, -0.2) is 29.9 Å². The third-order valence-corrected chi connectivity index (χ3v) is 24.7. The monoisotopic (exact) mass is 1890 g/mol. The number of hydrogen-bond donors (Lipinski definition) is 2. The molecule has 126 heavy (non-hydrogen) atoms. The average molecular weight is 1890 g/mol. The van der Waals surface area contributed by atoms with E-state index >= 15 is 0 Å². The van der Waals surface area contributed by atoms with Crippen LogP contribution in [0.4, 0.5) is 11.6 Å². The van der Waals surface area contributed by atoms with Crippen molar-refractivity contribution < 1.29 is 4.79 Å². The number of Topliss-reactive ketones (excluding diaryl/α,β-unsaturated/α-hetero) is 1. The first kappa shape index (κ1) is 94.0. The van der Waals surface area contributed by atoms with Crippen molar-refractivity contribution in [2.45, 2.75) is 164 Å². The number of pyridine rings is 6. The number of ketones is 1. The van der Waals surface area contributed by atoms with E-state index in [0.29, 0.717) is 11.4 Å². The van der Waals surface area contributed by atoms with Crippen molar-refractivity contribution in [3.05, 3.63) is 350 Å². The van der Waals surface area contributed by atoms with Crippen molar-refractivity contribution in [2.24, 2.45) is 0 Å². The molecule has 15 nitrogen and oxygen atoms in total. The van der Waals surface area contributed by atoms with E-state index in [4.69, 9.17) is 37.3 Å². The van der Waals surface area contributed by atoms with Crippen LogP contribution in [0.1, 0.15) is 174 Å². The summed E-state index contributed by atoms with van der Waals surface area (Å²) in [5, 5.41) is 3.41. The van der Waals surface area contributed by atoms with Gasteiger partial charge in [-0.05, 0) is 193 Å². The maximum absolute atomic E-state index is 11.2. The molecule has 6 aromatic carbocycles. The number of nitrogens with zero attached hydrogens (tertiary/aromatic N) is 12. The Bertz CT molecular complexity index is 6420. The molecule has 0 amide bonds. The second-order valence-corrected chi connectivity index (χ2v) is 40.5. The van der Waals surface area contributed by atoms with Crippen LogP contribution in [-0.4, -0.2) is 89.7 Å². The van der Waals surface area contributed by atoms with Crippen LogP contribution in [-0.2, 0) is 32.5 Å². The first-order valence-electron chi connectivity index (χ1n) is 42.9. The highest BCUT2D eigenvalue weighted by atomic mass is 79.9. The number of rotatable bonds is 8. The fraction of sp³-hybridized carbons (Fsp3) is 0.280. The third-order valence-electron chi connectivity index (χ3n) is 22.0. The van der Waals surface area contributed by atoms with Crippen LogP contribution in [0, 0.1) is 6.92 Å². The zero-order valence-electron chi connectivity index (χ0n) is 76.1. The van der Waals surface area contributed by atoms with E-state index in [1.54, 1.807) is 12.3 Å². The molecular formula is C107H118Br3ClN14O. The zero-order chi connectivity index (χ0) is 90.6. The zero-order valence-corrected chi connectivity index (χ0v) is 81.6. The summed E-state index contributed by atoms with van der Waals surface area (Å²) >= 11 is 16.3. The minimum atomic E-state index is -0.0212. The number of nitrogens with one attached hydrogen (secondary N) is 1. The van der Waals surface area contributed by atoms with Crippen molar-refractivity contribution >= 4 is 105 Å². The lowest BCUT2D eigenvalue weighted by Crippen LogP contribution is -2.44. The fourth-order valence-corrected chi connectivity index (χ4v) is 15.8. The molecule has 0 spiro atoms. The van der Waals surface area contributed by atoms with E-state index < -0.39 is 0 Å². The minimum absolute atomic E-state index is 0.0212. The highest BCUT2D eigenvalue weighted by Crippen LogP contribution is 2.36. The van der Waals surface area contributed by atoms with Crippen molar-refractivity contribution in [3.63, 3.8) is 0 Å². The summed E-state index contributed by atoms with van der Waals surface area (Å²) in [6, 6.07) is 83.2. The Morgan fingerprint density at radius 1 is 0.381 bits per heavy atom. The smallest absolute Gasteiger partial charge is 0.177 e. The highest BCUT2D eigenvalue weighted by Gasteiger charge is 2.23. The molecule has 1 aliphatic heterocycles. The molecule has 0 saturated carbocycles. The summed E-state index contributed by atoms with van der Waals surface area (Å²) in [5.41, 5.74) is 31.7. The van der Waals surface area contributed by atoms with Gasteiger partial charge < -0.3 is 24.8 Å². The van der Waals surface area contributed by atoms with Crippen LogP contribution < -0.4 is 16.0 Å². The third kappa shape index (κ3) is 24.2. The number of nitrogens with two attached hydrogens (primary N) is 1. The molecule has 0 unspecified atom stereocenters. The predicted octanol–water partition coefficient (Wildman–Crippen LogP) is 27.6. The summed E-state index contributed by atoms with van der Waals surface area (Å²) in [5.74, 6) is 1.83. The van der Waals surface area contributed by atoms with E-state index in [1.165, 1.54) is 50.3 Å². The quantitative estimate of drug-likeness (QED) is 0.0852. The average Bonchev–Trinajstić information content (AvgIpc) is 1.64. The van der Waals surface area contributed by atoms with Crippen LogP contribution in [0.25, 0.3) is 84.5 Å². The molecular weight excluding hydrogens is 1770 g/mol. The predicted molar refractivity (Wildman–Crippen MR) is 538 cm³/mol. The Labute approximate surface area is 774 Å². The minimum Gasteiger partial charge on any atom is -0.384 e. The summed E-state index contributed by atoms with van der Waals surface area (Å²) in [4.78, 5) is 41.0. The normalized spacial score (nSPS) is 12.5. The Morgan fingerprint density at radius 2 is 0.778 bits per heavy atom. The molecule has 18 rings (SSSR count). The number of benzene rings is 6. The number of carbonyl (C=O) groups excluding carboxylic acids is 1. The molecule has 0 radical (unpaired) electrons. The number of piperazine rings is 1. The Balaban J connectivity index is 0.000000136. The summed E-state index contributed by atoms with van der Waals surface area (Å²) < 4.78 is 13.5. The first-order chi connectivity index (χ1) is 59.7. The maximum atomic E-state index is 11.2. The van der Waals surface area contributed by atoms with Gasteiger partial charge in [-0.15, -0.1) is 11.6 Å². The van der Waals surface area contributed by atoms with Gasteiger partial charge in [-0.2, -0.15) is 0 Å². The van der Waals surface area contributed by atoms with Crippen molar-refractivity contribution in [1.29, 1.82) is 0 Å². The van der Waals surface area contributed by atoms with Gasteiger partial charge in [0.05, 0.1) is 37.7 Å². The number of fused-ring (bicyclic) bond motifs is 5. The number of halogens is 4. The van der Waals surface area contributed by atoms with Gasteiger partial charge in [0.2, 0.25) is 0 Å². The Kier molecular flexibility index (Phi) is 30.0. The number of alkyl halides is 1. The van der Waals surface area contributed by atoms with Crippen molar-refractivity contribution in [3.8, 4) is 56.3 Å². The molecule has 19 heteroatoms. The number of nitrogen functional groups attached to an aromatic ring is 1. The molecule has 17 aromatic rings. The second kappa shape index (κ2) is 40.2. The molecule has 0 atom stereocenters. The molecule has 3 N–H and O–H groups in total. The number of aromatic nitrogens is 11. The Morgan fingerprint density at radius 3 is 1.21 bits per heavy atom. The van der Waals surface area contributed by atoms with Crippen molar-refractivity contribution in [1.82, 2.24) is 57.2 Å². The number of carbonyl (C=O) groups is 1. The molecule has 0 aliphatic carbocycles. The van der Waals surface area contributed by atoms with Gasteiger partial charge in [0, 0.05) is 109 Å². The van der Waals surface area contributed by atoms with E-state index in [0.717, 1.165) is 119 Å². The van der Waals surface area contributed by atoms with Crippen LogP contribution >= 0.6 is 59.4 Å². The number of aryl methyl sites for hydroxylation is 1. The van der Waals surface area contributed by atoms with Crippen molar-refractivity contribution in [2.75, 3.05) is 42.7 Å². The van der Waals surface area contributed by atoms with Gasteiger partial charge >= 0.3 is 0 Å². The topological polar surface area (TPSA) is 158 Å². The number of anilines is 2. The molecule has 1 aliphatic rings. The molecule has 1 saturated heterocycles. The number of imidazole rings is 5. The van der Waals surface area contributed by atoms with E-state index in [9.17, 15) is 4.79 Å². The first-order valence-corrected chi connectivity index (χ1v) is 45.8. The standard InChI is InChI=1S/C21H26N4.C18H19BrN2.2C17H17BrN2.C17H18N2.C12H15ClO.C5H6N2/c1-21(2,3)17-9-7-16(8-10-17)18-15-25-19(23-18)5-4-6-20(25)24-13-11-22-12-14-24;1-12-5-10-16-20-15(11-21(16)17(12)19)13-6-8-14(9-7-13)18(2,3)4;1-17(2,3)13-8-6-12(7-9-13)15-11-20-10-4-5-14(18)16(20)19-15;1-17(2,3)13-9-7-12(8-10-13)15-16(18)20-11-5-4-6-14(20)19-15;1-17(2,3)14-9-7-13(8-10-14)15-12-19-11-5-4-6-16(19)18-15;1-12(2,3)10-6-4-9(5-7-10)11(14)8-13;6-5-3-1-2-4-7-5/h4-10,15,22H,11-14H2,1-3H3;5-11H,1-4H3;2*4-11H,1-3H3;4-12H,1-3H3;4-7H,8H2,1-3H3;1-4H,(H2,6,7). The molecule has 1 fully saturated rings. The molecule has 650 valence electrons.